The first-order valence-corrected chi connectivity index (χ1v) is 6.85. The van der Waals surface area contributed by atoms with Gasteiger partial charge in [-0.2, -0.15) is 0 Å². The van der Waals surface area contributed by atoms with Gasteiger partial charge in [-0.3, -0.25) is 4.79 Å². The number of hydrogen-bond acceptors (Lipinski definition) is 3. The Bertz CT molecular complexity index is 387. The molecule has 4 nitrogen and oxygen atoms in total. The van der Waals surface area contributed by atoms with E-state index in [1.54, 1.807) is 0 Å². The predicted octanol–water partition coefficient (Wildman–Crippen LogP) is 1.74. The summed E-state index contributed by atoms with van der Waals surface area (Å²) in [5.41, 5.74) is 7.53. The van der Waals surface area contributed by atoms with E-state index in [0.717, 1.165) is 25.3 Å². The van der Waals surface area contributed by atoms with Gasteiger partial charge in [-0.25, -0.2) is 0 Å². The minimum absolute atomic E-state index is 0.265. The summed E-state index contributed by atoms with van der Waals surface area (Å²) in [5.74, 6) is 0.356. The summed E-state index contributed by atoms with van der Waals surface area (Å²) in [6.45, 7) is 9.33. The number of nitrogens with two attached hydrogens (primary N) is 1. The van der Waals surface area contributed by atoms with E-state index in [-0.39, 0.29) is 12.5 Å². The highest BCUT2D eigenvalue weighted by atomic mass is 16.1. The highest BCUT2D eigenvalue weighted by molar-refractivity contribution is 5.79. The van der Waals surface area contributed by atoms with E-state index in [9.17, 15) is 4.79 Å². The summed E-state index contributed by atoms with van der Waals surface area (Å²) in [7, 11) is 0. The van der Waals surface area contributed by atoms with Crippen molar-refractivity contribution in [1.82, 2.24) is 5.32 Å². The Morgan fingerprint density at radius 3 is 2.42 bits per heavy atom. The number of amides is 1. The first-order valence-electron chi connectivity index (χ1n) is 6.85. The van der Waals surface area contributed by atoms with Gasteiger partial charge in [0.15, 0.2) is 0 Å². The third-order valence-corrected chi connectivity index (χ3v) is 2.91. The Morgan fingerprint density at radius 2 is 1.95 bits per heavy atom. The SMILES string of the molecule is CCN(CC(N)=O)c1ccc(CNCC(C)C)cc1. The Labute approximate surface area is 116 Å². The number of carbonyl (C=O) groups is 1. The van der Waals surface area contributed by atoms with Gasteiger partial charge in [-0.05, 0) is 37.1 Å². The van der Waals surface area contributed by atoms with Crippen LogP contribution in [0.15, 0.2) is 24.3 Å². The number of nitrogens with one attached hydrogen (secondary N) is 1. The van der Waals surface area contributed by atoms with Gasteiger partial charge in [0.2, 0.25) is 5.91 Å². The van der Waals surface area contributed by atoms with Crippen LogP contribution in [0, 0.1) is 5.92 Å². The molecule has 106 valence electrons. The summed E-state index contributed by atoms with van der Waals surface area (Å²) in [4.78, 5) is 13.0. The number of rotatable bonds is 8. The van der Waals surface area contributed by atoms with Crippen molar-refractivity contribution < 1.29 is 4.79 Å². The first kappa shape index (κ1) is 15.5. The number of carbonyl (C=O) groups excluding carboxylic acids is 1. The maximum Gasteiger partial charge on any atom is 0.236 e. The summed E-state index contributed by atoms with van der Waals surface area (Å²) in [5, 5.41) is 3.41. The lowest BCUT2D eigenvalue weighted by atomic mass is 10.1. The molecule has 19 heavy (non-hydrogen) atoms. The molecule has 0 fully saturated rings. The number of primary amides is 1. The van der Waals surface area contributed by atoms with E-state index in [1.807, 2.05) is 24.0 Å². The lowest BCUT2D eigenvalue weighted by Crippen LogP contribution is -2.33. The van der Waals surface area contributed by atoms with Crippen molar-refractivity contribution >= 4 is 11.6 Å². The van der Waals surface area contributed by atoms with Crippen LogP contribution in [0.25, 0.3) is 0 Å². The lowest BCUT2D eigenvalue weighted by molar-refractivity contribution is -0.116. The van der Waals surface area contributed by atoms with Gasteiger partial charge in [0, 0.05) is 18.8 Å². The van der Waals surface area contributed by atoms with Crippen molar-refractivity contribution in [1.29, 1.82) is 0 Å². The molecule has 0 bridgehead atoms. The molecule has 1 rings (SSSR count). The third kappa shape index (κ3) is 5.75. The van der Waals surface area contributed by atoms with Gasteiger partial charge in [-0.15, -0.1) is 0 Å². The molecule has 0 heterocycles. The molecule has 0 spiro atoms. The fourth-order valence-corrected chi connectivity index (χ4v) is 1.90. The fraction of sp³-hybridized carbons (Fsp3) is 0.533. The van der Waals surface area contributed by atoms with Gasteiger partial charge in [0.1, 0.15) is 0 Å². The fourth-order valence-electron chi connectivity index (χ4n) is 1.90. The average molecular weight is 263 g/mol. The molecule has 0 aromatic heterocycles. The monoisotopic (exact) mass is 263 g/mol. The number of benzene rings is 1. The van der Waals surface area contributed by atoms with E-state index in [0.29, 0.717) is 5.92 Å². The molecular formula is C15H25N3O. The minimum atomic E-state index is -0.301. The minimum Gasteiger partial charge on any atom is -0.368 e. The Morgan fingerprint density at radius 1 is 1.32 bits per heavy atom. The van der Waals surface area contributed by atoms with Crippen molar-refractivity contribution in [3.05, 3.63) is 29.8 Å². The van der Waals surface area contributed by atoms with Crippen LogP contribution in [0.5, 0.6) is 0 Å². The normalized spacial score (nSPS) is 10.7. The van der Waals surface area contributed by atoms with Crippen LogP contribution in [-0.4, -0.2) is 25.5 Å². The van der Waals surface area contributed by atoms with Crippen molar-refractivity contribution in [3.63, 3.8) is 0 Å². The van der Waals surface area contributed by atoms with Gasteiger partial charge in [0.25, 0.3) is 0 Å². The van der Waals surface area contributed by atoms with Gasteiger partial charge in [0.05, 0.1) is 6.54 Å². The maximum atomic E-state index is 11.0. The number of anilines is 1. The van der Waals surface area contributed by atoms with Gasteiger partial charge < -0.3 is 16.0 Å². The topological polar surface area (TPSA) is 58.4 Å². The Balaban J connectivity index is 2.56. The second kappa shape index (κ2) is 7.79. The van der Waals surface area contributed by atoms with Gasteiger partial charge >= 0.3 is 0 Å². The predicted molar refractivity (Wildman–Crippen MR) is 80.1 cm³/mol. The summed E-state index contributed by atoms with van der Waals surface area (Å²) in [6.07, 6.45) is 0. The maximum absolute atomic E-state index is 11.0. The highest BCUT2D eigenvalue weighted by Gasteiger charge is 2.07. The molecule has 0 saturated heterocycles. The summed E-state index contributed by atoms with van der Waals surface area (Å²) >= 11 is 0. The molecule has 0 radical (unpaired) electrons. The van der Waals surface area contributed by atoms with Crippen LogP contribution in [0.2, 0.25) is 0 Å². The average Bonchev–Trinajstić information content (AvgIpc) is 2.36. The van der Waals surface area contributed by atoms with E-state index in [4.69, 9.17) is 5.73 Å². The quantitative estimate of drug-likeness (QED) is 0.751. The number of nitrogens with zero attached hydrogens (tertiary/aromatic N) is 1. The van der Waals surface area contributed by atoms with Crippen LogP contribution in [0.4, 0.5) is 5.69 Å². The Kier molecular flexibility index (Phi) is 6.36. The van der Waals surface area contributed by atoms with Crippen LogP contribution in [-0.2, 0) is 11.3 Å². The molecule has 1 amide bonds. The van der Waals surface area contributed by atoms with E-state index in [2.05, 4.69) is 31.3 Å². The van der Waals surface area contributed by atoms with Crippen LogP contribution in [0.3, 0.4) is 0 Å². The van der Waals surface area contributed by atoms with Gasteiger partial charge in [-0.1, -0.05) is 26.0 Å². The van der Waals surface area contributed by atoms with Crippen LogP contribution < -0.4 is 16.0 Å². The van der Waals surface area contributed by atoms with E-state index >= 15 is 0 Å². The molecule has 1 aromatic carbocycles. The van der Waals surface area contributed by atoms with Crippen molar-refractivity contribution in [3.8, 4) is 0 Å². The lowest BCUT2D eigenvalue weighted by Gasteiger charge is -2.21. The van der Waals surface area contributed by atoms with Crippen molar-refractivity contribution in [2.24, 2.45) is 11.7 Å². The molecule has 0 unspecified atom stereocenters. The molecule has 0 saturated carbocycles. The molecule has 3 N–H and O–H groups in total. The molecule has 0 aliphatic heterocycles. The second-order valence-electron chi connectivity index (χ2n) is 5.17. The molecule has 4 heteroatoms. The second-order valence-corrected chi connectivity index (χ2v) is 5.17. The largest absolute Gasteiger partial charge is 0.368 e. The zero-order valence-corrected chi connectivity index (χ0v) is 12.1. The first-order chi connectivity index (χ1) is 9.02. The van der Waals surface area contributed by atoms with Crippen LogP contribution >= 0.6 is 0 Å². The number of likely N-dealkylation sites (N-methyl/N-ethyl adjacent to an activating group) is 1. The molecular weight excluding hydrogens is 238 g/mol. The summed E-state index contributed by atoms with van der Waals surface area (Å²) < 4.78 is 0. The van der Waals surface area contributed by atoms with E-state index < -0.39 is 0 Å². The van der Waals surface area contributed by atoms with Crippen LogP contribution in [0.1, 0.15) is 26.3 Å². The zero-order chi connectivity index (χ0) is 14.3. The molecule has 1 aromatic rings. The Hall–Kier alpha value is -1.55. The van der Waals surface area contributed by atoms with E-state index in [1.165, 1.54) is 5.56 Å². The standard InChI is InChI=1S/C15H25N3O/c1-4-18(11-15(16)19)14-7-5-13(6-8-14)10-17-9-12(2)3/h5-8,12,17H,4,9-11H2,1-3H3,(H2,16,19). The summed E-state index contributed by atoms with van der Waals surface area (Å²) in [6, 6.07) is 8.26. The number of hydrogen-bond donors (Lipinski definition) is 2. The molecule has 0 aliphatic carbocycles. The van der Waals surface area contributed by atoms with Crippen molar-refractivity contribution in [2.75, 3.05) is 24.5 Å². The molecule has 0 atom stereocenters. The smallest absolute Gasteiger partial charge is 0.236 e. The third-order valence-electron chi connectivity index (χ3n) is 2.91. The molecule has 0 aliphatic rings. The van der Waals surface area contributed by atoms with Crippen molar-refractivity contribution in [2.45, 2.75) is 27.3 Å². The highest BCUT2D eigenvalue weighted by Crippen LogP contribution is 2.14. The zero-order valence-electron chi connectivity index (χ0n) is 12.1.